The highest BCUT2D eigenvalue weighted by Gasteiger charge is 2.61. The van der Waals surface area contributed by atoms with Crippen molar-refractivity contribution in [1.82, 2.24) is 0 Å². The van der Waals surface area contributed by atoms with Crippen LogP contribution < -0.4 is 0 Å². The van der Waals surface area contributed by atoms with Crippen molar-refractivity contribution in [3.05, 3.63) is 12.2 Å². The van der Waals surface area contributed by atoms with Gasteiger partial charge in [-0.2, -0.15) is 13.2 Å². The largest absolute Gasteiger partial charge is 0.459 e. The minimum Gasteiger partial charge on any atom is -0.459 e. The van der Waals surface area contributed by atoms with Gasteiger partial charge in [-0.05, 0) is 13.8 Å². The molecule has 0 saturated heterocycles. The highest BCUT2D eigenvalue weighted by molar-refractivity contribution is 5.87. The Labute approximate surface area is 105 Å². The van der Waals surface area contributed by atoms with Gasteiger partial charge in [-0.15, -0.1) is 0 Å². The maximum absolute atomic E-state index is 12.3. The topological polar surface area (TPSA) is 46.5 Å². The van der Waals surface area contributed by atoms with E-state index in [1.807, 2.05) is 0 Å². The van der Waals surface area contributed by atoms with E-state index in [1.165, 1.54) is 6.92 Å². The van der Waals surface area contributed by atoms with Crippen LogP contribution in [0.3, 0.4) is 0 Å². The molecule has 0 aliphatic rings. The van der Waals surface area contributed by atoms with Crippen molar-refractivity contribution in [3.63, 3.8) is 0 Å². The van der Waals surface area contributed by atoms with Crippen molar-refractivity contribution >= 4 is 5.97 Å². The highest BCUT2D eigenvalue weighted by atomic mass is 19.4. The molecule has 0 rings (SSSR count). The van der Waals surface area contributed by atoms with Gasteiger partial charge in [-0.3, -0.25) is 4.70 Å². The summed E-state index contributed by atoms with van der Waals surface area (Å²) in [5.74, 6) is -1.01. The quantitative estimate of drug-likeness (QED) is 0.482. The molecule has 0 aliphatic carbocycles. The summed E-state index contributed by atoms with van der Waals surface area (Å²) >= 11 is 0. The Morgan fingerprint density at radius 1 is 1.37 bits per heavy atom. The minimum absolute atomic E-state index is 0. The zero-order chi connectivity index (χ0) is 14.7. The van der Waals surface area contributed by atoms with Gasteiger partial charge in [0, 0.05) is 12.0 Å². The van der Waals surface area contributed by atoms with E-state index in [0.717, 1.165) is 6.92 Å². The van der Waals surface area contributed by atoms with Gasteiger partial charge in [0.2, 0.25) is 5.60 Å². The summed E-state index contributed by atoms with van der Waals surface area (Å²) < 4.78 is 66.0. The molecule has 2 atom stereocenters. The van der Waals surface area contributed by atoms with Crippen LogP contribution in [-0.4, -0.2) is 35.4 Å². The van der Waals surface area contributed by atoms with E-state index >= 15 is 0 Å². The molecule has 0 aromatic carbocycles. The zero-order valence-corrected chi connectivity index (χ0v) is 10.1. The first kappa shape index (κ1) is 20.1. The van der Waals surface area contributed by atoms with Gasteiger partial charge in [-0.25, -0.2) is 13.6 Å². The molecule has 0 aliphatic heterocycles. The molecule has 0 saturated carbocycles. The van der Waals surface area contributed by atoms with Crippen molar-refractivity contribution < 1.29 is 41.3 Å². The van der Waals surface area contributed by atoms with Gasteiger partial charge in [0.1, 0.15) is 6.10 Å². The molecule has 0 amide bonds. The fourth-order valence-electron chi connectivity index (χ4n) is 1.09. The summed E-state index contributed by atoms with van der Waals surface area (Å²) in [7, 11) is 0. The summed E-state index contributed by atoms with van der Waals surface area (Å²) in [6.07, 6.45) is -12.5. The molecule has 0 bridgehead atoms. The first-order valence-corrected chi connectivity index (χ1v) is 4.85. The van der Waals surface area contributed by atoms with E-state index in [-0.39, 0.29) is 10.3 Å². The lowest BCUT2D eigenvalue weighted by atomic mass is 9.96. The third-order valence-electron chi connectivity index (χ3n) is 2.11. The zero-order valence-electron chi connectivity index (χ0n) is 10.1. The van der Waals surface area contributed by atoms with Crippen LogP contribution in [0.4, 0.5) is 26.7 Å². The molecule has 19 heavy (non-hydrogen) atoms. The predicted molar refractivity (Wildman–Crippen MR) is 54.5 cm³/mol. The lowest BCUT2D eigenvalue weighted by Crippen LogP contribution is -2.53. The van der Waals surface area contributed by atoms with Crippen LogP contribution in [0.25, 0.3) is 0 Å². The number of hydrogen-bond donors (Lipinski definition) is 1. The molecule has 2 unspecified atom stereocenters. The average Bonchev–Trinajstić information content (AvgIpc) is 2.14. The predicted octanol–water partition coefficient (Wildman–Crippen LogP) is 2.60. The van der Waals surface area contributed by atoms with E-state index in [1.54, 1.807) is 0 Å². The Bertz CT molecular complexity index is 328. The number of rotatable bonds is 5. The Hall–Kier alpha value is -1.25. The summed E-state index contributed by atoms with van der Waals surface area (Å²) in [6, 6.07) is 0. The van der Waals surface area contributed by atoms with Crippen LogP contribution in [0.5, 0.6) is 0 Å². The number of hydrogen-bond acceptors (Lipinski definition) is 3. The van der Waals surface area contributed by atoms with Gasteiger partial charge >= 0.3 is 12.1 Å². The standard InChI is InChI=1S/C10H13F5O3.FH/c1-5(2)7(16)18-6(3)4-9(17,8(11)12)10(13,14)15;/h6,8,17H,1,4H2,2-3H3;1H. The fraction of sp³-hybridized carbons (Fsp3) is 0.700. The van der Waals surface area contributed by atoms with Crippen LogP contribution in [0.1, 0.15) is 20.3 Å². The molecule has 114 valence electrons. The normalized spacial score (nSPS) is 16.3. The fourth-order valence-corrected chi connectivity index (χ4v) is 1.09. The van der Waals surface area contributed by atoms with Gasteiger partial charge in [0.25, 0.3) is 6.43 Å². The summed E-state index contributed by atoms with van der Waals surface area (Å²) in [4.78, 5) is 11.0. The van der Waals surface area contributed by atoms with Crippen molar-refractivity contribution in [3.8, 4) is 0 Å². The second-order valence-electron chi connectivity index (χ2n) is 3.92. The minimum atomic E-state index is -5.52. The highest BCUT2D eigenvalue weighted by Crippen LogP contribution is 2.39. The number of ether oxygens (including phenoxy) is 1. The van der Waals surface area contributed by atoms with E-state index in [4.69, 9.17) is 5.11 Å². The average molecular weight is 296 g/mol. The Balaban J connectivity index is 0. The summed E-state index contributed by atoms with van der Waals surface area (Å²) in [6.45, 7) is 5.40. The van der Waals surface area contributed by atoms with Crippen LogP contribution in [0.15, 0.2) is 12.2 Å². The second kappa shape index (κ2) is 6.78. The summed E-state index contributed by atoms with van der Waals surface area (Å²) in [5, 5.41) is 8.96. The second-order valence-corrected chi connectivity index (χ2v) is 3.92. The first-order chi connectivity index (χ1) is 7.91. The molecule has 0 heterocycles. The number of aliphatic hydroxyl groups is 1. The molecule has 3 nitrogen and oxygen atoms in total. The van der Waals surface area contributed by atoms with E-state index < -0.39 is 36.7 Å². The molecule has 0 fully saturated rings. The van der Waals surface area contributed by atoms with E-state index in [2.05, 4.69) is 11.3 Å². The molecule has 0 radical (unpaired) electrons. The Kier molecular flexibility index (Phi) is 7.17. The molecule has 0 spiro atoms. The lowest BCUT2D eigenvalue weighted by molar-refractivity contribution is -0.305. The molecule has 0 aromatic heterocycles. The van der Waals surface area contributed by atoms with Crippen LogP contribution in [-0.2, 0) is 9.53 Å². The molecule has 1 N–H and O–H groups in total. The van der Waals surface area contributed by atoms with E-state index in [9.17, 15) is 26.7 Å². The monoisotopic (exact) mass is 296 g/mol. The Morgan fingerprint density at radius 3 is 2.05 bits per heavy atom. The van der Waals surface area contributed by atoms with Gasteiger partial charge in [-0.1, -0.05) is 6.58 Å². The molecule has 9 heteroatoms. The number of esters is 1. The maximum atomic E-state index is 12.3. The maximum Gasteiger partial charge on any atom is 0.423 e. The molecular formula is C10H14F6O3. The molecular weight excluding hydrogens is 282 g/mol. The third-order valence-corrected chi connectivity index (χ3v) is 2.11. The van der Waals surface area contributed by atoms with Gasteiger partial charge in [0.05, 0.1) is 0 Å². The number of carbonyl (C=O) groups is 1. The van der Waals surface area contributed by atoms with Crippen molar-refractivity contribution in [2.24, 2.45) is 0 Å². The first-order valence-electron chi connectivity index (χ1n) is 4.85. The van der Waals surface area contributed by atoms with Crippen LogP contribution >= 0.6 is 0 Å². The smallest absolute Gasteiger partial charge is 0.423 e. The summed E-state index contributed by atoms with van der Waals surface area (Å²) in [5.41, 5.74) is -4.30. The van der Waals surface area contributed by atoms with Gasteiger partial charge < -0.3 is 9.84 Å². The van der Waals surface area contributed by atoms with Crippen molar-refractivity contribution in [2.45, 2.75) is 44.6 Å². The Morgan fingerprint density at radius 2 is 1.79 bits per heavy atom. The number of carbonyl (C=O) groups excluding carboxylic acids is 1. The SMILES string of the molecule is C=C(C)C(=O)OC(C)CC(O)(C(F)F)C(F)(F)F.F. The van der Waals surface area contributed by atoms with Crippen molar-refractivity contribution in [2.75, 3.05) is 0 Å². The van der Waals surface area contributed by atoms with E-state index in [0.29, 0.717) is 0 Å². The number of halogens is 6. The lowest BCUT2D eigenvalue weighted by Gasteiger charge is -2.31. The van der Waals surface area contributed by atoms with Crippen molar-refractivity contribution in [1.29, 1.82) is 0 Å². The van der Waals surface area contributed by atoms with Gasteiger partial charge in [0.15, 0.2) is 0 Å². The third kappa shape index (κ3) is 5.09. The van der Waals surface area contributed by atoms with Crippen LogP contribution in [0, 0.1) is 0 Å². The van der Waals surface area contributed by atoms with Crippen LogP contribution in [0.2, 0.25) is 0 Å². The molecule has 0 aromatic rings. The number of alkyl halides is 5.